The normalized spacial score (nSPS) is 24.1. The lowest BCUT2D eigenvalue weighted by atomic mass is 9.47. The average molecular weight is 532 g/mol. The molecule has 0 unspecified atom stereocenters. The fourth-order valence-electron chi connectivity index (χ4n) is 6.91. The summed E-state index contributed by atoms with van der Waals surface area (Å²) in [6.45, 7) is 1.75. The van der Waals surface area contributed by atoms with E-state index in [1.165, 1.54) is 12.0 Å². The first-order valence-electron chi connectivity index (χ1n) is 13.1. The van der Waals surface area contributed by atoms with Gasteiger partial charge in [0.25, 0.3) is 0 Å². The van der Waals surface area contributed by atoms with E-state index in [4.69, 9.17) is 9.15 Å². The molecule has 2 atom stereocenters. The highest BCUT2D eigenvalue weighted by Gasteiger charge is 2.68. The van der Waals surface area contributed by atoms with E-state index in [9.17, 15) is 14.4 Å². The topological polar surface area (TPSA) is 101 Å². The minimum Gasteiger partial charge on any atom is -0.495 e. The summed E-state index contributed by atoms with van der Waals surface area (Å²) in [6.07, 6.45) is 1.63. The summed E-state index contributed by atoms with van der Waals surface area (Å²) in [5, 5.41) is 4.41. The van der Waals surface area contributed by atoms with Crippen molar-refractivity contribution in [3.8, 4) is 5.75 Å². The van der Waals surface area contributed by atoms with Crippen LogP contribution in [0.1, 0.15) is 44.5 Å². The van der Waals surface area contributed by atoms with Crippen LogP contribution in [0.2, 0.25) is 0 Å². The molecular formula is C32H25N3O5. The van der Waals surface area contributed by atoms with Crippen LogP contribution in [0.4, 0.5) is 5.69 Å². The largest absolute Gasteiger partial charge is 0.495 e. The van der Waals surface area contributed by atoms with Crippen molar-refractivity contribution < 1.29 is 23.5 Å². The Labute approximate surface area is 230 Å². The van der Waals surface area contributed by atoms with Gasteiger partial charge in [-0.25, -0.2) is 10.3 Å². The molecule has 1 saturated heterocycles. The zero-order valence-corrected chi connectivity index (χ0v) is 21.8. The van der Waals surface area contributed by atoms with E-state index in [1.807, 2.05) is 48.5 Å². The number of hydrogen-bond donors (Lipinski definition) is 1. The standard InChI is InChI=1S/C32H25N3O5/c1-18-15-16-25(40-18)29(36)34-33-17-32-21-11-5-3-9-19(21)26(20-10-4-6-12-22(20)32)27-28(32)31(38)35(30(27)37)23-13-7-8-14-24(23)39-2/h3-17,26-28H,1-2H3,(H,34,36)/b33-17-/t26?,27-,28+,32?/m0/s1. The van der Waals surface area contributed by atoms with Gasteiger partial charge in [0.2, 0.25) is 11.8 Å². The SMILES string of the molecule is COc1ccccc1N1C(=O)[C@H]2C3c4ccccc4C(/C=N\NC(=O)c4ccc(C)o4)(c4ccccc43)[C@H]2C1=O. The molecular weight excluding hydrogens is 506 g/mol. The lowest BCUT2D eigenvalue weighted by Crippen LogP contribution is -2.54. The average Bonchev–Trinajstić information content (AvgIpc) is 3.54. The number of carbonyl (C=O) groups is 3. The molecule has 1 fully saturated rings. The van der Waals surface area contributed by atoms with Crippen molar-refractivity contribution >= 4 is 29.6 Å². The molecule has 4 aromatic rings. The number of para-hydroxylation sites is 2. The number of imide groups is 1. The number of amides is 3. The Hall–Kier alpha value is -4.98. The van der Waals surface area contributed by atoms with Gasteiger partial charge in [0.15, 0.2) is 5.76 Å². The highest BCUT2D eigenvalue weighted by molar-refractivity contribution is 6.25. The van der Waals surface area contributed by atoms with Gasteiger partial charge in [0.05, 0.1) is 30.0 Å². The third-order valence-corrected chi connectivity index (χ3v) is 8.41. The molecule has 1 N–H and O–H groups in total. The second kappa shape index (κ2) is 8.77. The molecule has 3 aliphatic carbocycles. The van der Waals surface area contributed by atoms with Crippen molar-refractivity contribution in [3.63, 3.8) is 0 Å². The number of hydrazone groups is 1. The Morgan fingerprint density at radius 2 is 1.57 bits per heavy atom. The first kappa shape index (κ1) is 24.1. The number of nitrogens with one attached hydrogen (secondary N) is 1. The van der Waals surface area contributed by atoms with Crippen LogP contribution in [0, 0.1) is 18.8 Å². The Kier molecular flexibility index (Phi) is 5.28. The maximum Gasteiger partial charge on any atom is 0.307 e. The van der Waals surface area contributed by atoms with Gasteiger partial charge in [-0.3, -0.25) is 14.4 Å². The number of methoxy groups -OCH3 is 1. The molecule has 1 aliphatic heterocycles. The molecule has 1 aromatic heterocycles. The smallest absolute Gasteiger partial charge is 0.307 e. The number of nitrogens with zero attached hydrogens (tertiary/aromatic N) is 2. The van der Waals surface area contributed by atoms with Crippen molar-refractivity contribution in [2.45, 2.75) is 18.3 Å². The van der Waals surface area contributed by atoms with Crippen LogP contribution >= 0.6 is 0 Å². The first-order chi connectivity index (χ1) is 19.5. The molecule has 3 amide bonds. The van der Waals surface area contributed by atoms with Crippen LogP contribution in [0.3, 0.4) is 0 Å². The molecule has 2 bridgehead atoms. The first-order valence-corrected chi connectivity index (χ1v) is 13.1. The lowest BCUT2D eigenvalue weighted by molar-refractivity contribution is -0.122. The Morgan fingerprint density at radius 3 is 2.23 bits per heavy atom. The maximum absolute atomic E-state index is 14.4. The number of ether oxygens (including phenoxy) is 1. The van der Waals surface area contributed by atoms with Crippen LogP contribution in [0.15, 0.2) is 94.4 Å². The highest BCUT2D eigenvalue weighted by atomic mass is 16.5. The predicted molar refractivity (Wildman–Crippen MR) is 147 cm³/mol. The van der Waals surface area contributed by atoms with Crippen LogP contribution in [0.25, 0.3) is 0 Å². The van der Waals surface area contributed by atoms with Crippen molar-refractivity contribution in [2.75, 3.05) is 12.0 Å². The second-order valence-electron chi connectivity index (χ2n) is 10.3. The van der Waals surface area contributed by atoms with Crippen LogP contribution in [-0.2, 0) is 15.0 Å². The summed E-state index contributed by atoms with van der Waals surface area (Å²) >= 11 is 0. The number of benzene rings is 3. The van der Waals surface area contributed by atoms with Gasteiger partial charge in [-0.1, -0.05) is 60.7 Å². The number of anilines is 1. The van der Waals surface area contributed by atoms with Crippen molar-refractivity contribution in [1.82, 2.24) is 5.43 Å². The monoisotopic (exact) mass is 531 g/mol. The summed E-state index contributed by atoms with van der Waals surface area (Å²) in [7, 11) is 1.52. The van der Waals surface area contributed by atoms with E-state index in [1.54, 1.807) is 49.5 Å². The zero-order valence-electron chi connectivity index (χ0n) is 21.8. The van der Waals surface area contributed by atoms with Crippen molar-refractivity contribution in [1.29, 1.82) is 0 Å². The molecule has 8 heteroatoms. The number of furan rings is 1. The number of carbonyl (C=O) groups excluding carboxylic acids is 3. The van der Waals surface area contributed by atoms with Gasteiger partial charge >= 0.3 is 5.91 Å². The molecule has 4 aliphatic rings. The summed E-state index contributed by atoms with van der Waals surface area (Å²) in [5.74, 6) is -1.66. The zero-order chi connectivity index (χ0) is 27.6. The molecule has 0 saturated carbocycles. The molecule has 40 heavy (non-hydrogen) atoms. The van der Waals surface area contributed by atoms with E-state index in [2.05, 4.69) is 10.5 Å². The minimum absolute atomic E-state index is 0.132. The Bertz CT molecular complexity index is 1690. The van der Waals surface area contributed by atoms with E-state index in [-0.39, 0.29) is 23.5 Å². The second-order valence-corrected chi connectivity index (χ2v) is 10.3. The number of aryl methyl sites for hydroxylation is 1. The fraction of sp³-hybridized carbons (Fsp3) is 0.188. The van der Waals surface area contributed by atoms with Gasteiger partial charge < -0.3 is 9.15 Å². The fourth-order valence-corrected chi connectivity index (χ4v) is 6.91. The molecule has 0 spiro atoms. The van der Waals surface area contributed by atoms with E-state index in [0.29, 0.717) is 17.2 Å². The Morgan fingerprint density at radius 1 is 0.925 bits per heavy atom. The van der Waals surface area contributed by atoms with Crippen molar-refractivity contribution in [3.05, 3.63) is 119 Å². The lowest BCUT2D eigenvalue weighted by Gasteiger charge is -2.52. The quantitative estimate of drug-likeness (QED) is 0.231. The van der Waals surface area contributed by atoms with E-state index in [0.717, 1.165) is 22.3 Å². The molecule has 8 rings (SSSR count). The predicted octanol–water partition coefficient (Wildman–Crippen LogP) is 4.56. The van der Waals surface area contributed by atoms with Gasteiger partial charge in [0, 0.05) is 12.1 Å². The third kappa shape index (κ3) is 3.13. The van der Waals surface area contributed by atoms with Gasteiger partial charge in [0.1, 0.15) is 11.5 Å². The number of hydrogen-bond acceptors (Lipinski definition) is 6. The highest BCUT2D eigenvalue weighted by Crippen LogP contribution is 2.63. The summed E-state index contributed by atoms with van der Waals surface area (Å²) in [5.41, 5.74) is 5.64. The van der Waals surface area contributed by atoms with E-state index < -0.39 is 23.2 Å². The van der Waals surface area contributed by atoms with Gasteiger partial charge in [-0.05, 0) is 53.4 Å². The molecule has 8 nitrogen and oxygen atoms in total. The summed E-state index contributed by atoms with van der Waals surface area (Å²) < 4.78 is 11.0. The molecule has 3 aromatic carbocycles. The number of rotatable bonds is 5. The Balaban J connectivity index is 1.42. The van der Waals surface area contributed by atoms with Crippen LogP contribution in [-0.4, -0.2) is 31.0 Å². The molecule has 0 radical (unpaired) electrons. The summed E-state index contributed by atoms with van der Waals surface area (Å²) in [6, 6.07) is 26.1. The van der Waals surface area contributed by atoms with Gasteiger partial charge in [-0.15, -0.1) is 0 Å². The summed E-state index contributed by atoms with van der Waals surface area (Å²) in [4.78, 5) is 42.8. The molecule has 198 valence electrons. The van der Waals surface area contributed by atoms with Crippen LogP contribution in [0.5, 0.6) is 5.75 Å². The third-order valence-electron chi connectivity index (χ3n) is 8.41. The maximum atomic E-state index is 14.4. The van der Waals surface area contributed by atoms with Gasteiger partial charge in [-0.2, -0.15) is 5.10 Å². The minimum atomic E-state index is -1.09. The van der Waals surface area contributed by atoms with E-state index >= 15 is 0 Å². The molecule has 2 heterocycles. The van der Waals surface area contributed by atoms with Crippen LogP contribution < -0.4 is 15.1 Å². The van der Waals surface area contributed by atoms with Crippen molar-refractivity contribution in [2.24, 2.45) is 16.9 Å².